The Balaban J connectivity index is -0.000000188. The van der Waals surface area contributed by atoms with Gasteiger partial charge >= 0.3 is 0 Å². The predicted molar refractivity (Wildman–Crippen MR) is 157 cm³/mol. The van der Waals surface area contributed by atoms with E-state index in [4.69, 9.17) is 0 Å². The third-order valence-electron chi connectivity index (χ3n) is 4.27. The largest absolute Gasteiger partial charge is 1.00 e. The molecule has 2 aliphatic carbocycles. The number of halogens is 2. The van der Waals surface area contributed by atoms with Crippen LogP contribution >= 0.6 is 0 Å². The molecule has 0 atom stereocenters. The molecule has 0 nitrogen and oxygen atoms in total. The fraction of sp³-hybridized carbons (Fsp3) is 0.188. The maximum absolute atomic E-state index is 2.99. The van der Waals surface area contributed by atoms with Crippen molar-refractivity contribution in [3.63, 3.8) is 0 Å². The molecule has 0 saturated carbocycles. The van der Waals surface area contributed by atoms with Crippen molar-refractivity contribution < 1.29 is 76.5 Å². The summed E-state index contributed by atoms with van der Waals surface area (Å²) in [4.78, 5) is 0. The molecule has 0 unspecified atom stereocenters. The van der Waals surface area contributed by atoms with Crippen molar-refractivity contribution in [3.8, 4) is 0 Å². The Kier molecular flexibility index (Phi) is 38.1. The van der Waals surface area contributed by atoms with Gasteiger partial charge in [0.25, 0.3) is 0 Å². The maximum Gasteiger partial charge on any atom is 0.0307 e. The summed E-state index contributed by atoms with van der Waals surface area (Å²) in [5.74, 6) is 0. The minimum Gasteiger partial charge on any atom is -1.00 e. The van der Waals surface area contributed by atoms with Gasteiger partial charge in [0.2, 0.25) is 0 Å². The van der Waals surface area contributed by atoms with Crippen LogP contribution < -0.4 is 24.8 Å². The summed E-state index contributed by atoms with van der Waals surface area (Å²) in [6.45, 7) is 8.61. The summed E-state index contributed by atoms with van der Waals surface area (Å²) in [6.07, 6.45) is 20.0. The van der Waals surface area contributed by atoms with E-state index in [0.717, 1.165) is 31.9 Å². The molecule has 4 aromatic rings. The Morgan fingerprint density at radius 3 is 1.16 bits per heavy atom. The molecule has 200 valence electrons. The molecule has 6 rings (SSSR count). The first-order valence-corrected chi connectivity index (χ1v) is 15.6. The van der Waals surface area contributed by atoms with E-state index in [1.807, 2.05) is 24.3 Å². The zero-order chi connectivity index (χ0) is 24.7. The molecule has 0 spiro atoms. The normalized spacial score (nSPS) is 10.4. The molecule has 2 aliphatic rings. The topological polar surface area (TPSA) is 0 Å². The van der Waals surface area contributed by atoms with Crippen molar-refractivity contribution in [2.24, 2.45) is 0 Å². The number of allylic oxidation sites excluding steroid dienone is 8. The van der Waals surface area contributed by atoms with Crippen molar-refractivity contribution in [2.45, 2.75) is 39.0 Å². The fourth-order valence-corrected chi connectivity index (χ4v) is 2.82. The van der Waals surface area contributed by atoms with Crippen LogP contribution in [0.3, 0.4) is 0 Å². The Bertz CT molecular complexity index is 958. The van der Waals surface area contributed by atoms with E-state index < -0.39 is 0 Å². The maximum atomic E-state index is 2.99. The number of fused-ring (bicyclic) bond motifs is 2. The van der Waals surface area contributed by atoms with Crippen LogP contribution in [0.25, 0.3) is 21.5 Å². The van der Waals surface area contributed by atoms with E-state index in [1.165, 1.54) is 21.5 Å². The zero-order valence-corrected chi connectivity index (χ0v) is 33.4. The smallest absolute Gasteiger partial charge is 0.0307 e. The molecule has 38 heavy (non-hydrogen) atoms. The predicted octanol–water partition coefficient (Wildman–Crippen LogP) is 3.31. The molecule has 0 N–H and O–H groups in total. The van der Waals surface area contributed by atoms with Gasteiger partial charge in [0.1, 0.15) is 0 Å². The first-order valence-electron chi connectivity index (χ1n) is 11.6. The van der Waals surface area contributed by atoms with E-state index >= 15 is 0 Å². The molecule has 0 saturated heterocycles. The van der Waals surface area contributed by atoms with Crippen LogP contribution in [-0.2, 0) is 51.7 Å². The summed E-state index contributed by atoms with van der Waals surface area (Å²) in [7, 11) is 2.17. The van der Waals surface area contributed by atoms with Gasteiger partial charge in [-0.1, -0.05) is 38.3 Å². The van der Waals surface area contributed by atoms with Crippen LogP contribution in [0.5, 0.6) is 0 Å². The third kappa shape index (κ3) is 22.2. The van der Waals surface area contributed by atoms with Crippen molar-refractivity contribution in [1.82, 2.24) is 0 Å². The molecule has 4 aromatic carbocycles. The standard InChI is InChI=1S/2C9H7.2C5H5.2C2H6Si.2ClH.2Hf/c2*1-2-5-9-7-3-6-8(9)4-1;2*1-2-4-5-3-1;2*1-3-2;;;;/h2*1-7H;2*1-3H,4H2;2*1-2H3;2*1H;;/q4*-1;;;;;;/p-2. The van der Waals surface area contributed by atoms with E-state index in [-0.39, 0.29) is 76.5 Å². The Morgan fingerprint density at radius 2 is 0.921 bits per heavy atom. The molecule has 0 aliphatic heterocycles. The van der Waals surface area contributed by atoms with E-state index in [2.05, 4.69) is 135 Å². The Hall–Kier alpha value is -0.626. The van der Waals surface area contributed by atoms with E-state index in [0.29, 0.717) is 0 Å². The first-order chi connectivity index (χ1) is 16.8. The van der Waals surface area contributed by atoms with E-state index in [9.17, 15) is 0 Å². The van der Waals surface area contributed by atoms with Crippen LogP contribution in [0.2, 0.25) is 26.2 Å². The van der Waals surface area contributed by atoms with Crippen molar-refractivity contribution in [2.75, 3.05) is 0 Å². The quantitative estimate of drug-likeness (QED) is 0.188. The molecule has 0 amide bonds. The van der Waals surface area contributed by atoms with Gasteiger partial charge in [0.15, 0.2) is 0 Å². The average Bonchev–Trinajstić information content (AvgIpc) is 3.70. The SMILES string of the molecule is C[Si]C.C[Si]C.[C-]1=CC=CC1.[C-]1=CC=CC1.[Cl-].[Cl-].[Hf].[Hf].c1ccc2[cH-]ccc2c1.c1ccc2[cH-]ccc2c1. The van der Waals surface area contributed by atoms with Crippen LogP contribution in [0.1, 0.15) is 12.8 Å². The van der Waals surface area contributed by atoms with Gasteiger partial charge in [-0.3, -0.25) is 12.2 Å². The third-order valence-corrected chi connectivity index (χ3v) is 4.27. The average molecular weight is 905 g/mol. The minimum atomic E-state index is 0. The molecule has 0 fully saturated rings. The molecule has 6 heteroatoms. The van der Waals surface area contributed by atoms with Gasteiger partial charge < -0.3 is 24.8 Å². The minimum absolute atomic E-state index is 0. The zero-order valence-electron chi connectivity index (χ0n) is 22.7. The summed E-state index contributed by atoms with van der Waals surface area (Å²) >= 11 is 0. The number of benzene rings is 2. The van der Waals surface area contributed by atoms with Gasteiger partial charge in [-0.2, -0.15) is 47.2 Å². The molecule has 4 radical (unpaired) electrons. The Labute approximate surface area is 286 Å². The van der Waals surface area contributed by atoms with Crippen LogP contribution in [0, 0.1) is 12.2 Å². The molecular weight excluding hydrogens is 868 g/mol. The number of hydrogen-bond donors (Lipinski definition) is 0. The van der Waals surface area contributed by atoms with Crippen LogP contribution in [0.15, 0.2) is 121 Å². The second-order valence-electron chi connectivity index (χ2n) is 7.32. The van der Waals surface area contributed by atoms with Crippen molar-refractivity contribution >= 4 is 40.6 Å². The second-order valence-corrected chi connectivity index (χ2v) is 9.32. The van der Waals surface area contributed by atoms with Gasteiger partial charge in [0.05, 0.1) is 0 Å². The van der Waals surface area contributed by atoms with Crippen LogP contribution in [-0.4, -0.2) is 19.0 Å². The molecular formula is C32H36Cl2Hf2Si2-6. The van der Waals surface area contributed by atoms with Gasteiger partial charge in [-0.15, -0.1) is 72.1 Å². The Morgan fingerprint density at radius 1 is 0.579 bits per heavy atom. The van der Waals surface area contributed by atoms with Gasteiger partial charge in [0, 0.05) is 70.7 Å². The van der Waals surface area contributed by atoms with Crippen molar-refractivity contribution in [1.29, 1.82) is 0 Å². The number of rotatable bonds is 0. The first kappa shape index (κ1) is 44.4. The monoisotopic (exact) mass is 906 g/mol. The second kappa shape index (κ2) is 32.6. The van der Waals surface area contributed by atoms with Crippen LogP contribution in [0.4, 0.5) is 0 Å². The van der Waals surface area contributed by atoms with Gasteiger partial charge in [-0.25, -0.2) is 24.3 Å². The fourth-order valence-electron chi connectivity index (χ4n) is 2.82. The van der Waals surface area contributed by atoms with E-state index in [1.54, 1.807) is 0 Å². The molecule has 0 aromatic heterocycles. The summed E-state index contributed by atoms with van der Waals surface area (Å²) in [6, 6.07) is 29.3. The summed E-state index contributed by atoms with van der Waals surface area (Å²) < 4.78 is 0. The van der Waals surface area contributed by atoms with Gasteiger partial charge in [-0.05, 0) is 0 Å². The van der Waals surface area contributed by atoms with Crippen molar-refractivity contribution in [3.05, 3.63) is 134 Å². The number of hydrogen-bond acceptors (Lipinski definition) is 0. The summed E-state index contributed by atoms with van der Waals surface area (Å²) in [5, 5.41) is 5.32. The molecule has 0 heterocycles. The molecule has 0 bridgehead atoms. The summed E-state index contributed by atoms with van der Waals surface area (Å²) in [5.41, 5.74) is 0.